The third kappa shape index (κ3) is 3.88. The Bertz CT molecular complexity index is 586. The van der Waals surface area contributed by atoms with Crippen molar-refractivity contribution in [2.75, 3.05) is 13.1 Å². The zero-order valence-corrected chi connectivity index (χ0v) is 15.9. The number of nitrogens with zero attached hydrogens (tertiary/aromatic N) is 1. The van der Waals surface area contributed by atoms with Crippen LogP contribution in [0.25, 0.3) is 0 Å². The lowest BCUT2D eigenvalue weighted by atomic mass is 9.95. The third-order valence-corrected chi connectivity index (χ3v) is 8.19. The first-order valence-corrected chi connectivity index (χ1v) is 10.4. The monoisotopic (exact) mass is 394 g/mol. The summed E-state index contributed by atoms with van der Waals surface area (Å²) in [6, 6.07) is 1.88. The Morgan fingerprint density at radius 3 is 2.81 bits per heavy atom. The molecular weight excluding hydrogens is 372 g/mol. The second kappa shape index (κ2) is 7.08. The number of piperidine rings is 1. The van der Waals surface area contributed by atoms with Crippen molar-refractivity contribution in [3.05, 3.63) is 14.7 Å². The van der Waals surface area contributed by atoms with E-state index in [9.17, 15) is 8.42 Å². The molecule has 2 heterocycles. The van der Waals surface area contributed by atoms with Gasteiger partial charge in [0, 0.05) is 24.0 Å². The van der Waals surface area contributed by atoms with Crippen LogP contribution >= 0.6 is 27.3 Å². The number of halogens is 1. The van der Waals surface area contributed by atoms with Crippen LogP contribution in [0.2, 0.25) is 0 Å². The smallest absolute Gasteiger partial charge is 0.245 e. The number of nitrogens with one attached hydrogen (secondary N) is 1. The zero-order chi connectivity index (χ0) is 15.6. The van der Waals surface area contributed by atoms with Gasteiger partial charge < -0.3 is 5.32 Å². The average molecular weight is 395 g/mol. The van der Waals surface area contributed by atoms with Gasteiger partial charge in [0.05, 0.1) is 3.79 Å². The summed E-state index contributed by atoms with van der Waals surface area (Å²) in [4.78, 5) is 1.46. The van der Waals surface area contributed by atoms with Crippen molar-refractivity contribution in [1.29, 1.82) is 0 Å². The van der Waals surface area contributed by atoms with E-state index in [1.165, 1.54) is 11.3 Å². The molecule has 1 N–H and O–H groups in total. The quantitative estimate of drug-likeness (QED) is 0.831. The summed E-state index contributed by atoms with van der Waals surface area (Å²) < 4.78 is 28.2. The standard InChI is InChI=1S/C14H23BrN2O2S2/c1-4-16-9-12-8-13(14(15)20-12)21(18,19)17-6-5-10(2)7-11(17)3/h8,10-11,16H,4-7,9H2,1-3H3. The van der Waals surface area contributed by atoms with Gasteiger partial charge in [0.15, 0.2) is 0 Å². The molecule has 4 nitrogen and oxygen atoms in total. The molecule has 0 spiro atoms. The normalized spacial score (nSPS) is 24.4. The molecule has 1 saturated heterocycles. The highest BCUT2D eigenvalue weighted by molar-refractivity contribution is 9.11. The minimum atomic E-state index is -3.40. The lowest BCUT2D eigenvalue weighted by Crippen LogP contribution is -2.44. The molecule has 7 heteroatoms. The summed E-state index contributed by atoms with van der Waals surface area (Å²) in [5.41, 5.74) is 0. The van der Waals surface area contributed by atoms with E-state index in [2.05, 4.69) is 28.2 Å². The van der Waals surface area contributed by atoms with E-state index in [0.717, 1.165) is 24.3 Å². The van der Waals surface area contributed by atoms with Crippen LogP contribution in [0.3, 0.4) is 0 Å². The molecule has 2 unspecified atom stereocenters. The Kier molecular flexibility index (Phi) is 5.87. The molecule has 1 aromatic heterocycles. The molecule has 0 radical (unpaired) electrons. The van der Waals surface area contributed by atoms with E-state index >= 15 is 0 Å². The van der Waals surface area contributed by atoms with Crippen LogP contribution < -0.4 is 5.32 Å². The molecule has 1 aliphatic heterocycles. The van der Waals surface area contributed by atoms with Crippen molar-refractivity contribution < 1.29 is 8.42 Å². The molecule has 1 fully saturated rings. The van der Waals surface area contributed by atoms with Gasteiger partial charge in [-0.1, -0.05) is 13.8 Å². The second-order valence-corrected chi connectivity index (χ2v) is 10.0. The summed E-state index contributed by atoms with van der Waals surface area (Å²) in [7, 11) is -3.40. The van der Waals surface area contributed by atoms with Gasteiger partial charge in [-0.25, -0.2) is 8.42 Å². The van der Waals surface area contributed by atoms with E-state index < -0.39 is 10.0 Å². The van der Waals surface area contributed by atoms with Crippen molar-refractivity contribution in [3.8, 4) is 0 Å². The SMILES string of the molecule is CCNCc1cc(S(=O)(=O)N2CCC(C)CC2C)c(Br)s1. The van der Waals surface area contributed by atoms with Crippen LogP contribution in [0.1, 0.15) is 38.5 Å². The van der Waals surface area contributed by atoms with E-state index in [0.29, 0.717) is 27.7 Å². The number of hydrogen-bond acceptors (Lipinski definition) is 4. The lowest BCUT2D eigenvalue weighted by Gasteiger charge is -2.35. The number of hydrogen-bond donors (Lipinski definition) is 1. The van der Waals surface area contributed by atoms with Gasteiger partial charge in [0.2, 0.25) is 10.0 Å². The topological polar surface area (TPSA) is 49.4 Å². The van der Waals surface area contributed by atoms with Crippen LogP contribution in [-0.4, -0.2) is 31.9 Å². The largest absolute Gasteiger partial charge is 0.312 e. The fourth-order valence-electron chi connectivity index (χ4n) is 2.78. The van der Waals surface area contributed by atoms with Gasteiger partial charge in [-0.2, -0.15) is 4.31 Å². The van der Waals surface area contributed by atoms with Gasteiger partial charge in [0.25, 0.3) is 0 Å². The third-order valence-electron chi connectivity index (χ3n) is 3.92. The van der Waals surface area contributed by atoms with Crippen LogP contribution in [0, 0.1) is 5.92 Å². The molecule has 2 atom stereocenters. The Labute approximate surface area is 140 Å². The minimum absolute atomic E-state index is 0.0720. The molecule has 21 heavy (non-hydrogen) atoms. The van der Waals surface area contributed by atoms with Gasteiger partial charge in [0.1, 0.15) is 4.90 Å². The Balaban J connectivity index is 2.25. The van der Waals surface area contributed by atoms with E-state index in [1.807, 2.05) is 13.8 Å². The van der Waals surface area contributed by atoms with Crippen LogP contribution in [-0.2, 0) is 16.6 Å². The highest BCUT2D eigenvalue weighted by Crippen LogP contribution is 2.36. The molecule has 120 valence electrons. The van der Waals surface area contributed by atoms with Crippen molar-refractivity contribution in [3.63, 3.8) is 0 Å². The maximum Gasteiger partial charge on any atom is 0.245 e. The van der Waals surface area contributed by atoms with Gasteiger partial charge >= 0.3 is 0 Å². The van der Waals surface area contributed by atoms with E-state index in [-0.39, 0.29) is 6.04 Å². The minimum Gasteiger partial charge on any atom is -0.312 e. The van der Waals surface area contributed by atoms with Gasteiger partial charge in [-0.3, -0.25) is 0 Å². The van der Waals surface area contributed by atoms with E-state index in [4.69, 9.17) is 0 Å². The molecule has 1 aliphatic rings. The molecule has 0 bridgehead atoms. The molecule has 0 saturated carbocycles. The Morgan fingerprint density at radius 2 is 2.19 bits per heavy atom. The van der Waals surface area contributed by atoms with Crippen molar-refractivity contribution >= 4 is 37.3 Å². The van der Waals surface area contributed by atoms with Gasteiger partial charge in [-0.05, 0) is 54.2 Å². The summed E-state index contributed by atoms with van der Waals surface area (Å²) in [5.74, 6) is 0.599. The number of sulfonamides is 1. The highest BCUT2D eigenvalue weighted by atomic mass is 79.9. The predicted octanol–water partition coefficient (Wildman–Crippen LogP) is 3.43. The predicted molar refractivity (Wildman–Crippen MR) is 91.2 cm³/mol. The fraction of sp³-hybridized carbons (Fsp3) is 0.714. The molecule has 0 aliphatic carbocycles. The molecule has 2 rings (SSSR count). The maximum atomic E-state index is 12.9. The average Bonchev–Trinajstić information content (AvgIpc) is 2.78. The first kappa shape index (κ1) is 17.4. The summed E-state index contributed by atoms with van der Waals surface area (Å²) in [5, 5.41) is 3.23. The van der Waals surface area contributed by atoms with Crippen molar-refractivity contribution in [2.24, 2.45) is 5.92 Å². The first-order valence-electron chi connectivity index (χ1n) is 7.37. The Hall–Kier alpha value is 0.0500. The van der Waals surface area contributed by atoms with Crippen molar-refractivity contribution in [2.45, 2.75) is 51.1 Å². The number of thiophene rings is 1. The lowest BCUT2D eigenvalue weighted by molar-refractivity contribution is 0.220. The zero-order valence-electron chi connectivity index (χ0n) is 12.7. The summed E-state index contributed by atoms with van der Waals surface area (Å²) in [6.45, 7) is 8.44. The summed E-state index contributed by atoms with van der Waals surface area (Å²) in [6.07, 6.45) is 1.88. The Morgan fingerprint density at radius 1 is 1.48 bits per heavy atom. The van der Waals surface area contributed by atoms with Crippen molar-refractivity contribution in [1.82, 2.24) is 9.62 Å². The molecule has 1 aromatic rings. The van der Waals surface area contributed by atoms with Crippen LogP contribution in [0.4, 0.5) is 0 Å². The second-order valence-electron chi connectivity index (χ2n) is 5.73. The molecule has 0 amide bonds. The summed E-state index contributed by atoms with van der Waals surface area (Å²) >= 11 is 4.92. The van der Waals surface area contributed by atoms with Crippen LogP contribution in [0.15, 0.2) is 14.7 Å². The molecule has 0 aromatic carbocycles. The first-order chi connectivity index (χ1) is 9.86. The van der Waals surface area contributed by atoms with Gasteiger partial charge in [-0.15, -0.1) is 11.3 Å². The highest BCUT2D eigenvalue weighted by Gasteiger charge is 2.35. The van der Waals surface area contributed by atoms with E-state index in [1.54, 1.807) is 10.4 Å². The van der Waals surface area contributed by atoms with Crippen LogP contribution in [0.5, 0.6) is 0 Å². The number of rotatable bonds is 5. The molecular formula is C14H23BrN2O2S2. The fourth-order valence-corrected chi connectivity index (χ4v) is 7.04. The maximum absolute atomic E-state index is 12.9.